The number of fused-ring (bicyclic) bond motifs is 1. The average Bonchev–Trinajstić information content (AvgIpc) is 3.11. The molecule has 4 rings (SSSR count). The molecule has 1 fully saturated rings. The number of amides is 2. The van der Waals surface area contributed by atoms with Gasteiger partial charge in [0.25, 0.3) is 0 Å². The molecule has 2 aliphatic heterocycles. The molecule has 0 aromatic heterocycles. The molecule has 12 heteroatoms. The number of phenols is 1. The largest absolute Gasteiger partial charge is 0.508 e. The Labute approximate surface area is 208 Å². The molecule has 0 unspecified atom stereocenters. The molecule has 4 N–H and O–H groups in total. The van der Waals surface area contributed by atoms with Crippen molar-refractivity contribution in [3.63, 3.8) is 0 Å². The van der Waals surface area contributed by atoms with Gasteiger partial charge in [0.05, 0.1) is 11.9 Å². The molecule has 1 saturated heterocycles. The molecule has 1 spiro atoms. The number of halogens is 1. The average molecular weight is 526 g/mol. The number of aromatic hydroxyl groups is 1. The lowest BCUT2D eigenvalue weighted by molar-refractivity contribution is -0.00192. The third-order valence-electron chi connectivity index (χ3n) is 6.02. The van der Waals surface area contributed by atoms with E-state index in [0.29, 0.717) is 11.6 Å². The fraction of sp³-hybridized carbons (Fsp3) is 0.435. The van der Waals surface area contributed by atoms with Gasteiger partial charge in [0, 0.05) is 50.0 Å². The van der Waals surface area contributed by atoms with Crippen LogP contribution in [0.1, 0.15) is 18.4 Å². The maximum Gasteiger partial charge on any atom is 0.332 e. The van der Waals surface area contributed by atoms with Gasteiger partial charge in [-0.2, -0.15) is 0 Å². The number of piperidine rings is 1. The highest BCUT2D eigenvalue weighted by atomic mass is 35.5. The molecule has 0 saturated carbocycles. The zero-order valence-electron chi connectivity index (χ0n) is 19.2. The van der Waals surface area contributed by atoms with Gasteiger partial charge >= 0.3 is 6.03 Å². The number of urea groups is 1. The molecule has 10 nitrogen and oxygen atoms in total. The number of aliphatic hydroxyl groups is 1. The number of likely N-dealkylation sites (tertiary alicyclic amines) is 1. The second kappa shape index (κ2) is 10.1. The molecule has 0 aliphatic carbocycles. The monoisotopic (exact) mass is 525 g/mol. The Morgan fingerprint density at radius 1 is 1.26 bits per heavy atom. The number of β-amino-alcohol motifs (C(OH)–C–C–N with tert-alkyl or cyclic N) is 1. The van der Waals surface area contributed by atoms with E-state index in [1.807, 2.05) is 18.2 Å². The van der Waals surface area contributed by atoms with Gasteiger partial charge in [-0.1, -0.05) is 11.6 Å². The van der Waals surface area contributed by atoms with Crippen LogP contribution in [0.4, 0.5) is 10.5 Å². The van der Waals surface area contributed by atoms with Crippen LogP contribution in [-0.2, 0) is 16.4 Å². The first-order valence-electron chi connectivity index (χ1n) is 11.1. The van der Waals surface area contributed by atoms with Crippen molar-refractivity contribution in [2.45, 2.75) is 31.0 Å². The van der Waals surface area contributed by atoms with Crippen molar-refractivity contribution in [1.82, 2.24) is 9.62 Å². The second-order valence-corrected chi connectivity index (χ2v) is 11.2. The van der Waals surface area contributed by atoms with Crippen LogP contribution in [0, 0.1) is 0 Å². The van der Waals surface area contributed by atoms with Gasteiger partial charge in [-0.05, 0) is 35.9 Å². The number of anilines is 1. The zero-order valence-corrected chi connectivity index (χ0v) is 20.7. The van der Waals surface area contributed by atoms with Gasteiger partial charge in [-0.3, -0.25) is 0 Å². The summed E-state index contributed by atoms with van der Waals surface area (Å²) < 4.78 is 36.2. The lowest BCUT2D eigenvalue weighted by atomic mass is 9.87. The normalized spacial score (nSPS) is 17.9. The molecule has 35 heavy (non-hydrogen) atoms. The number of sulfonamides is 1. The Morgan fingerprint density at radius 3 is 2.71 bits per heavy atom. The standard InChI is InChI=1S/C23H28ClN3O7S/c1-35(31,32)26-22(30)25-19-4-3-17(28)11-21(19)33-14-18(29)13-27-8-6-23(7-9-27)12-15-10-16(24)2-5-20(15)34-23/h2-5,10-11,18,28-29H,6-9,12-14H2,1H3,(H2,25,26,30)/t18-/m0/s1. The third kappa shape index (κ3) is 6.69. The summed E-state index contributed by atoms with van der Waals surface area (Å²) in [6.45, 7) is 1.80. The van der Waals surface area contributed by atoms with Gasteiger partial charge in [-0.25, -0.2) is 17.9 Å². The summed E-state index contributed by atoms with van der Waals surface area (Å²) in [6, 6.07) is 8.69. The highest BCUT2D eigenvalue weighted by Crippen LogP contribution is 2.42. The first-order valence-corrected chi connectivity index (χ1v) is 13.4. The number of carbonyl (C=O) groups excluding carboxylic acids is 1. The molecule has 2 amide bonds. The minimum Gasteiger partial charge on any atom is -0.508 e. The van der Waals surface area contributed by atoms with Gasteiger partial charge in [0.1, 0.15) is 35.6 Å². The topological polar surface area (TPSA) is 137 Å². The summed E-state index contributed by atoms with van der Waals surface area (Å²) in [5.41, 5.74) is 1.04. The number of carbonyl (C=O) groups is 1. The maximum absolute atomic E-state index is 11.9. The van der Waals surface area contributed by atoms with Gasteiger partial charge in [0.15, 0.2) is 0 Å². The fourth-order valence-corrected chi connectivity index (χ4v) is 4.99. The van der Waals surface area contributed by atoms with Crippen LogP contribution in [0.3, 0.4) is 0 Å². The van der Waals surface area contributed by atoms with E-state index in [4.69, 9.17) is 21.1 Å². The summed E-state index contributed by atoms with van der Waals surface area (Å²) >= 11 is 6.11. The van der Waals surface area contributed by atoms with Crippen molar-refractivity contribution >= 4 is 33.3 Å². The third-order valence-corrected chi connectivity index (χ3v) is 6.81. The molecule has 2 aromatic rings. The first kappa shape index (κ1) is 25.4. The van der Waals surface area contributed by atoms with E-state index in [-0.39, 0.29) is 29.4 Å². The van der Waals surface area contributed by atoms with Crippen LogP contribution in [-0.4, -0.2) is 73.8 Å². The van der Waals surface area contributed by atoms with E-state index in [1.54, 1.807) is 4.72 Å². The zero-order chi connectivity index (χ0) is 25.2. The van der Waals surface area contributed by atoms with Crippen molar-refractivity contribution in [2.24, 2.45) is 0 Å². The van der Waals surface area contributed by atoms with E-state index in [9.17, 15) is 23.4 Å². The van der Waals surface area contributed by atoms with Crippen molar-refractivity contribution < 1.29 is 32.9 Å². The van der Waals surface area contributed by atoms with Gasteiger partial charge < -0.3 is 29.9 Å². The highest BCUT2D eigenvalue weighted by molar-refractivity contribution is 7.89. The number of phenolic OH excluding ortho intramolecular Hbond substituents is 1. The van der Waals surface area contributed by atoms with Gasteiger partial charge in [0.2, 0.25) is 10.0 Å². The van der Waals surface area contributed by atoms with Crippen molar-refractivity contribution in [1.29, 1.82) is 0 Å². The number of aliphatic hydroxyl groups excluding tert-OH is 1. The number of hydrogen-bond donors (Lipinski definition) is 4. The molecule has 0 bridgehead atoms. The van der Waals surface area contributed by atoms with Gasteiger partial charge in [-0.15, -0.1) is 0 Å². The van der Waals surface area contributed by atoms with E-state index in [0.717, 1.165) is 49.9 Å². The Morgan fingerprint density at radius 2 is 2.00 bits per heavy atom. The van der Waals surface area contributed by atoms with Crippen LogP contribution in [0.25, 0.3) is 0 Å². The number of nitrogens with zero attached hydrogens (tertiary/aromatic N) is 1. The Hall–Kier alpha value is -2.73. The van der Waals surface area contributed by atoms with Crippen LogP contribution in [0.5, 0.6) is 17.2 Å². The van der Waals surface area contributed by atoms with Crippen molar-refractivity contribution in [3.8, 4) is 17.2 Å². The van der Waals surface area contributed by atoms with Crippen molar-refractivity contribution in [3.05, 3.63) is 47.0 Å². The number of ether oxygens (including phenoxy) is 2. The molecular weight excluding hydrogens is 498 g/mol. The minimum atomic E-state index is -3.75. The lowest BCUT2D eigenvalue weighted by Crippen LogP contribution is -2.49. The number of benzene rings is 2. The number of rotatable bonds is 7. The molecule has 1 atom stereocenters. The first-order chi connectivity index (χ1) is 16.5. The Bertz CT molecular complexity index is 1200. The SMILES string of the molecule is CS(=O)(=O)NC(=O)Nc1ccc(O)cc1OC[C@@H](O)CN1CCC2(CC1)Cc1cc(Cl)ccc1O2. The van der Waals surface area contributed by atoms with E-state index < -0.39 is 22.2 Å². The number of nitrogens with one attached hydrogen (secondary N) is 2. The highest BCUT2D eigenvalue weighted by Gasteiger charge is 2.42. The molecular formula is C23H28ClN3O7S. The summed E-state index contributed by atoms with van der Waals surface area (Å²) in [6.07, 6.45) is 2.49. The van der Waals surface area contributed by atoms with Crippen LogP contribution in [0.15, 0.2) is 36.4 Å². The quantitative estimate of drug-likeness (QED) is 0.404. The molecule has 2 aromatic carbocycles. The second-order valence-electron chi connectivity index (χ2n) is 8.99. The van der Waals surface area contributed by atoms with Crippen LogP contribution < -0.4 is 19.5 Å². The Balaban J connectivity index is 1.28. The summed E-state index contributed by atoms with van der Waals surface area (Å²) in [4.78, 5) is 14.0. The predicted molar refractivity (Wildman–Crippen MR) is 131 cm³/mol. The van der Waals surface area contributed by atoms with Crippen molar-refractivity contribution in [2.75, 3.05) is 37.8 Å². The Kier molecular flexibility index (Phi) is 7.32. The maximum atomic E-state index is 11.9. The molecule has 190 valence electrons. The molecule has 0 radical (unpaired) electrons. The number of hydrogen-bond acceptors (Lipinski definition) is 8. The molecule has 2 aliphatic rings. The summed E-state index contributed by atoms with van der Waals surface area (Å²) in [7, 11) is -3.75. The lowest BCUT2D eigenvalue weighted by Gasteiger charge is -2.39. The molecule has 2 heterocycles. The van der Waals surface area contributed by atoms with E-state index in [2.05, 4.69) is 10.2 Å². The summed E-state index contributed by atoms with van der Waals surface area (Å²) in [5, 5.41) is 23.4. The van der Waals surface area contributed by atoms with Crippen LogP contribution in [0.2, 0.25) is 5.02 Å². The van der Waals surface area contributed by atoms with E-state index >= 15 is 0 Å². The summed E-state index contributed by atoms with van der Waals surface area (Å²) in [5.74, 6) is 0.877. The predicted octanol–water partition coefficient (Wildman–Crippen LogP) is 2.34. The fourth-order valence-electron chi connectivity index (χ4n) is 4.41. The van der Waals surface area contributed by atoms with Crippen LogP contribution >= 0.6 is 11.6 Å². The minimum absolute atomic E-state index is 0.0894. The van der Waals surface area contributed by atoms with E-state index in [1.165, 1.54) is 18.2 Å². The smallest absolute Gasteiger partial charge is 0.332 e.